The van der Waals surface area contributed by atoms with Gasteiger partial charge >= 0.3 is 0 Å². The van der Waals surface area contributed by atoms with Gasteiger partial charge in [-0.1, -0.05) is 29.3 Å². The Kier molecular flexibility index (Phi) is 3.86. The van der Waals surface area contributed by atoms with Crippen molar-refractivity contribution >= 4 is 23.2 Å². The molecular weight excluding hydrogens is 193 g/mol. The monoisotopic (exact) mass is 203 g/mol. The van der Waals surface area contributed by atoms with E-state index in [9.17, 15) is 0 Å². The highest BCUT2D eigenvalue weighted by molar-refractivity contribution is 6.41. The van der Waals surface area contributed by atoms with E-state index in [-0.39, 0.29) is 0 Å². The van der Waals surface area contributed by atoms with Crippen LogP contribution >= 0.6 is 23.2 Å². The molecule has 0 aliphatic rings. The van der Waals surface area contributed by atoms with E-state index >= 15 is 0 Å². The summed E-state index contributed by atoms with van der Waals surface area (Å²) in [5, 5.41) is 3.12. The van der Waals surface area contributed by atoms with Crippen LogP contribution in [0.15, 0.2) is 18.2 Å². The first-order valence-corrected chi connectivity index (χ1v) is 4.54. The molecule has 0 aliphatic carbocycles. The third-order valence-corrected chi connectivity index (χ3v) is 2.36. The van der Waals surface area contributed by atoms with E-state index in [1.54, 1.807) is 0 Å². The van der Waals surface area contributed by atoms with Crippen molar-refractivity contribution < 1.29 is 5.32 Å². The summed E-state index contributed by atoms with van der Waals surface area (Å²) in [5.41, 5.74) is 1.20. The van der Waals surface area contributed by atoms with Crippen molar-refractivity contribution in [2.24, 2.45) is 0 Å². The van der Waals surface area contributed by atoms with Crippen LogP contribution in [0.3, 0.4) is 0 Å². The van der Waals surface area contributed by atoms with E-state index in [0.717, 1.165) is 13.0 Å². The Labute approximate surface area is 82.7 Å². The molecule has 0 fully saturated rings. The van der Waals surface area contributed by atoms with Gasteiger partial charge in [0, 0.05) is 6.42 Å². The number of halogens is 2. The highest BCUT2D eigenvalue weighted by Crippen LogP contribution is 2.22. The number of rotatable bonds is 3. The second-order valence-corrected chi connectivity index (χ2v) is 3.39. The van der Waals surface area contributed by atoms with Gasteiger partial charge in [-0.25, -0.2) is 0 Å². The summed E-state index contributed by atoms with van der Waals surface area (Å²) >= 11 is 11.6. The second-order valence-electron chi connectivity index (χ2n) is 2.58. The zero-order chi connectivity index (χ0) is 8.97. The first kappa shape index (κ1) is 9.85. The van der Waals surface area contributed by atoms with Crippen LogP contribution in [0.25, 0.3) is 0 Å². The molecule has 0 aliphatic heterocycles. The maximum atomic E-state index is 5.83. The fraction of sp³-hybridized carbons (Fsp3) is 0.222. The average Bonchev–Trinajstić information content (AvgIpc) is 2.07. The molecule has 12 heavy (non-hydrogen) atoms. The van der Waals surface area contributed by atoms with Gasteiger partial charge in [-0.05, 0) is 17.7 Å². The van der Waals surface area contributed by atoms with Crippen LogP contribution in [0, 0.1) is 7.05 Å². The normalized spacial score (nSPS) is 10.2. The molecule has 0 saturated carbocycles. The zero-order valence-electron chi connectivity index (χ0n) is 6.69. The third-order valence-electron chi connectivity index (χ3n) is 1.62. The minimum absolute atomic E-state index is 0.610. The van der Waals surface area contributed by atoms with Crippen molar-refractivity contribution in [2.45, 2.75) is 6.42 Å². The van der Waals surface area contributed by atoms with Gasteiger partial charge in [0.1, 0.15) is 0 Å². The fourth-order valence-corrected chi connectivity index (χ4v) is 1.28. The summed E-state index contributed by atoms with van der Waals surface area (Å²) < 4.78 is 0. The van der Waals surface area contributed by atoms with Crippen LogP contribution in [-0.2, 0) is 6.42 Å². The molecular formula is C9H11Cl2N. The lowest BCUT2D eigenvalue weighted by Gasteiger charge is -2.02. The van der Waals surface area contributed by atoms with Crippen molar-refractivity contribution in [2.75, 3.05) is 6.54 Å². The number of hydrogen-bond donors (Lipinski definition) is 1. The molecule has 0 radical (unpaired) electrons. The summed E-state index contributed by atoms with van der Waals surface area (Å²) in [6.45, 7) is 0.970. The molecule has 66 valence electrons. The highest BCUT2D eigenvalue weighted by Gasteiger charge is 1.98. The first-order chi connectivity index (χ1) is 5.74. The van der Waals surface area contributed by atoms with Crippen LogP contribution < -0.4 is 5.32 Å². The highest BCUT2D eigenvalue weighted by atomic mass is 35.5. The Morgan fingerprint density at radius 1 is 1.25 bits per heavy atom. The van der Waals surface area contributed by atoms with Crippen molar-refractivity contribution in [3.05, 3.63) is 40.9 Å². The van der Waals surface area contributed by atoms with Crippen LogP contribution in [0.1, 0.15) is 5.56 Å². The van der Waals surface area contributed by atoms with Crippen LogP contribution in [0.2, 0.25) is 10.0 Å². The maximum absolute atomic E-state index is 5.83. The zero-order valence-corrected chi connectivity index (χ0v) is 8.20. The van der Waals surface area contributed by atoms with E-state index in [0.29, 0.717) is 10.0 Å². The number of benzene rings is 1. The van der Waals surface area contributed by atoms with Gasteiger partial charge in [-0.15, -0.1) is 0 Å². The van der Waals surface area contributed by atoms with Crippen molar-refractivity contribution in [1.29, 1.82) is 0 Å². The van der Waals surface area contributed by atoms with Crippen LogP contribution in [0.5, 0.6) is 0 Å². The van der Waals surface area contributed by atoms with E-state index in [2.05, 4.69) is 7.05 Å². The van der Waals surface area contributed by atoms with Gasteiger partial charge < -0.3 is 5.32 Å². The summed E-state index contributed by atoms with van der Waals surface area (Å²) in [7, 11) is 3.66. The molecule has 0 amide bonds. The van der Waals surface area contributed by atoms with Gasteiger partial charge in [0.25, 0.3) is 0 Å². The van der Waals surface area contributed by atoms with Crippen LogP contribution in [-0.4, -0.2) is 6.54 Å². The van der Waals surface area contributed by atoms with Crippen molar-refractivity contribution in [1.82, 2.24) is 0 Å². The summed E-state index contributed by atoms with van der Waals surface area (Å²) in [5.74, 6) is 0. The van der Waals surface area contributed by atoms with E-state index in [1.165, 1.54) is 5.56 Å². The number of hydrogen-bond acceptors (Lipinski definition) is 0. The van der Waals surface area contributed by atoms with E-state index in [1.807, 2.05) is 23.5 Å². The minimum atomic E-state index is 0.610. The molecule has 1 aromatic rings. The molecule has 1 nitrogen and oxygen atoms in total. The molecule has 0 bridgehead atoms. The molecule has 0 heterocycles. The molecule has 0 saturated heterocycles. The number of quaternary nitrogens is 1. The first-order valence-electron chi connectivity index (χ1n) is 3.79. The standard InChI is InChI=1S/C9H11Cl2N/c1-12-5-4-7-2-3-8(10)9(11)6-7/h2-3,6H,1,4-5,12H2. The predicted molar refractivity (Wildman–Crippen MR) is 52.3 cm³/mol. The average molecular weight is 204 g/mol. The molecule has 0 spiro atoms. The SMILES string of the molecule is [CH2-][NH2+]CCc1ccc(Cl)c(Cl)c1. The smallest absolute Gasteiger partial charge is 0.0595 e. The maximum Gasteiger partial charge on any atom is 0.0595 e. The molecule has 1 aromatic carbocycles. The second kappa shape index (κ2) is 4.70. The number of nitrogens with two attached hydrogens (primary N) is 1. The minimum Gasteiger partial charge on any atom is -0.479 e. The molecule has 0 unspecified atom stereocenters. The molecule has 2 N–H and O–H groups in total. The lowest BCUT2D eigenvalue weighted by molar-refractivity contribution is -0.594. The summed E-state index contributed by atoms with van der Waals surface area (Å²) in [6.07, 6.45) is 0.973. The predicted octanol–water partition coefficient (Wildman–Crippen LogP) is 1.89. The van der Waals surface area contributed by atoms with Gasteiger partial charge in [0.15, 0.2) is 0 Å². The van der Waals surface area contributed by atoms with E-state index in [4.69, 9.17) is 23.2 Å². The van der Waals surface area contributed by atoms with Crippen molar-refractivity contribution in [3.63, 3.8) is 0 Å². The Balaban J connectivity index is 2.69. The van der Waals surface area contributed by atoms with E-state index < -0.39 is 0 Å². The third kappa shape index (κ3) is 2.67. The lowest BCUT2D eigenvalue weighted by Crippen LogP contribution is -2.77. The topological polar surface area (TPSA) is 16.6 Å². The molecule has 1 rings (SSSR count). The van der Waals surface area contributed by atoms with Crippen LogP contribution in [0.4, 0.5) is 0 Å². The van der Waals surface area contributed by atoms with Gasteiger partial charge in [0.05, 0.1) is 16.6 Å². The fourth-order valence-electron chi connectivity index (χ4n) is 0.964. The Bertz CT molecular complexity index is 261. The van der Waals surface area contributed by atoms with Gasteiger partial charge in [-0.2, -0.15) is 7.05 Å². The summed E-state index contributed by atoms with van der Waals surface area (Å²) in [6, 6.07) is 5.70. The van der Waals surface area contributed by atoms with Gasteiger partial charge in [0.2, 0.25) is 0 Å². The molecule has 0 aromatic heterocycles. The summed E-state index contributed by atoms with van der Waals surface area (Å²) in [4.78, 5) is 0. The van der Waals surface area contributed by atoms with Gasteiger partial charge in [-0.3, -0.25) is 0 Å². The largest absolute Gasteiger partial charge is 0.479 e. The quantitative estimate of drug-likeness (QED) is 0.724. The Hall–Kier alpha value is -0.240. The van der Waals surface area contributed by atoms with Crippen molar-refractivity contribution in [3.8, 4) is 0 Å². The molecule has 0 atom stereocenters. The Morgan fingerprint density at radius 2 is 2.00 bits per heavy atom. The lowest BCUT2D eigenvalue weighted by atomic mass is 10.1. The molecule has 3 heteroatoms. The Morgan fingerprint density at radius 3 is 2.58 bits per heavy atom.